The van der Waals surface area contributed by atoms with E-state index in [1.54, 1.807) is 27.8 Å². The Kier molecular flexibility index (Phi) is 4.26. The lowest BCUT2D eigenvalue weighted by molar-refractivity contribution is -0.139. The molecule has 0 unspecified atom stereocenters. The van der Waals surface area contributed by atoms with Crippen LogP contribution in [-0.2, 0) is 9.53 Å². The van der Waals surface area contributed by atoms with Gasteiger partial charge in [-0.05, 0) is 20.8 Å². The molecule has 0 aromatic carbocycles. The van der Waals surface area contributed by atoms with Crippen LogP contribution in [-0.4, -0.2) is 24.8 Å². The van der Waals surface area contributed by atoms with E-state index in [-0.39, 0.29) is 12.1 Å². The van der Waals surface area contributed by atoms with E-state index in [0.29, 0.717) is 5.71 Å². The van der Waals surface area contributed by atoms with E-state index in [0.717, 1.165) is 0 Å². The van der Waals surface area contributed by atoms with Gasteiger partial charge >= 0.3 is 5.97 Å². The fourth-order valence-corrected chi connectivity index (χ4v) is 0.513. The van der Waals surface area contributed by atoms with Crippen molar-refractivity contribution < 1.29 is 9.53 Å². The molecule has 0 fully saturated rings. The molecule has 4 heteroatoms. The maximum Gasteiger partial charge on any atom is 0.354 e. The van der Waals surface area contributed by atoms with Gasteiger partial charge in [-0.2, -0.15) is 5.10 Å². The maximum absolute atomic E-state index is 11.0. The fraction of sp³-hybridized carbons (Fsp3) is 0.714. The fourth-order valence-electron chi connectivity index (χ4n) is 0.513. The molecule has 0 aromatic heterocycles. The summed E-state index contributed by atoms with van der Waals surface area (Å²) < 4.78 is 4.85. The first kappa shape index (κ1) is 9.94. The van der Waals surface area contributed by atoms with E-state index >= 15 is 0 Å². The Hall–Kier alpha value is -1.06. The lowest BCUT2D eigenvalue weighted by Gasteiger charge is -2.06. The third-order valence-corrected chi connectivity index (χ3v) is 0.918. The molecule has 64 valence electrons. The smallest absolute Gasteiger partial charge is 0.354 e. The molecule has 0 spiro atoms. The summed E-state index contributed by atoms with van der Waals surface area (Å²) in [7, 11) is 1.63. The minimum Gasteiger partial charge on any atom is -0.458 e. The topological polar surface area (TPSA) is 50.7 Å². The van der Waals surface area contributed by atoms with Gasteiger partial charge in [0.15, 0.2) is 0 Å². The summed E-state index contributed by atoms with van der Waals surface area (Å²) >= 11 is 0. The molecule has 0 heterocycles. The summed E-state index contributed by atoms with van der Waals surface area (Å²) in [5, 5.41) is 3.67. The largest absolute Gasteiger partial charge is 0.458 e. The van der Waals surface area contributed by atoms with Gasteiger partial charge in [-0.15, -0.1) is 0 Å². The Balaban J connectivity index is 3.93. The van der Waals surface area contributed by atoms with Crippen molar-refractivity contribution in [3.63, 3.8) is 0 Å². The Morgan fingerprint density at radius 2 is 2.09 bits per heavy atom. The normalized spacial score (nSPS) is 11.5. The molecule has 0 aromatic rings. The second-order valence-electron chi connectivity index (χ2n) is 2.37. The second kappa shape index (κ2) is 4.71. The maximum atomic E-state index is 11.0. The summed E-state index contributed by atoms with van der Waals surface area (Å²) in [6, 6.07) is 0. The molecule has 11 heavy (non-hydrogen) atoms. The van der Waals surface area contributed by atoms with Crippen molar-refractivity contribution in [3.8, 4) is 0 Å². The number of nitrogens with one attached hydrogen (secondary N) is 1. The number of rotatable bonds is 3. The minimum atomic E-state index is -0.380. The number of ether oxygens (including phenoxy) is 1. The number of hydrogen-bond donors (Lipinski definition) is 1. The van der Waals surface area contributed by atoms with Gasteiger partial charge in [0.2, 0.25) is 0 Å². The lowest BCUT2D eigenvalue weighted by Crippen LogP contribution is -2.20. The molecule has 0 aliphatic heterocycles. The van der Waals surface area contributed by atoms with E-state index in [9.17, 15) is 4.79 Å². The van der Waals surface area contributed by atoms with Crippen molar-refractivity contribution in [3.05, 3.63) is 0 Å². The molecule has 0 saturated carbocycles. The third-order valence-electron chi connectivity index (χ3n) is 0.918. The monoisotopic (exact) mass is 158 g/mol. The van der Waals surface area contributed by atoms with Gasteiger partial charge in [0.25, 0.3) is 0 Å². The standard InChI is InChI=1S/C7H14N2O2/c1-5(2)11-7(10)6(3)9-8-4/h5,8H,1-4H3. The number of hydrazone groups is 1. The quantitative estimate of drug-likeness (QED) is 0.370. The van der Waals surface area contributed by atoms with Gasteiger partial charge in [0.1, 0.15) is 5.71 Å². The van der Waals surface area contributed by atoms with Crippen molar-refractivity contribution in [1.82, 2.24) is 5.43 Å². The molecule has 1 N–H and O–H groups in total. The van der Waals surface area contributed by atoms with Crippen LogP contribution in [0.15, 0.2) is 5.10 Å². The summed E-state index contributed by atoms with van der Waals surface area (Å²) in [6.07, 6.45) is -0.0930. The summed E-state index contributed by atoms with van der Waals surface area (Å²) in [4.78, 5) is 11.0. The van der Waals surface area contributed by atoms with E-state index in [4.69, 9.17) is 4.74 Å². The van der Waals surface area contributed by atoms with Crippen molar-refractivity contribution in [2.45, 2.75) is 26.9 Å². The van der Waals surface area contributed by atoms with Crippen LogP contribution in [0.1, 0.15) is 20.8 Å². The Morgan fingerprint density at radius 3 is 2.45 bits per heavy atom. The molecule has 0 saturated heterocycles. The summed E-state index contributed by atoms with van der Waals surface area (Å²) in [5.41, 5.74) is 2.84. The number of esters is 1. The van der Waals surface area contributed by atoms with Crippen LogP contribution >= 0.6 is 0 Å². The van der Waals surface area contributed by atoms with E-state index in [1.807, 2.05) is 0 Å². The summed E-state index contributed by atoms with van der Waals surface area (Å²) in [6.45, 7) is 5.19. The first-order valence-corrected chi connectivity index (χ1v) is 3.50. The van der Waals surface area contributed by atoms with Gasteiger partial charge < -0.3 is 10.2 Å². The molecule has 0 rings (SSSR count). The van der Waals surface area contributed by atoms with Gasteiger partial charge in [0.05, 0.1) is 6.10 Å². The van der Waals surface area contributed by atoms with Crippen LogP contribution in [0, 0.1) is 0 Å². The number of hydrogen-bond acceptors (Lipinski definition) is 4. The van der Waals surface area contributed by atoms with E-state index in [2.05, 4.69) is 10.5 Å². The van der Waals surface area contributed by atoms with Crippen molar-refractivity contribution in [2.24, 2.45) is 5.10 Å². The van der Waals surface area contributed by atoms with Gasteiger partial charge in [-0.1, -0.05) is 0 Å². The average Bonchev–Trinajstić information content (AvgIpc) is 1.86. The molecular weight excluding hydrogens is 144 g/mol. The highest BCUT2D eigenvalue weighted by Gasteiger charge is 2.08. The highest BCUT2D eigenvalue weighted by atomic mass is 16.5. The number of nitrogens with zero attached hydrogens (tertiary/aromatic N) is 1. The summed E-state index contributed by atoms with van der Waals surface area (Å²) in [5.74, 6) is -0.380. The van der Waals surface area contributed by atoms with Crippen molar-refractivity contribution in [2.75, 3.05) is 7.05 Å². The lowest BCUT2D eigenvalue weighted by atomic mass is 10.4. The highest BCUT2D eigenvalue weighted by molar-refractivity contribution is 6.35. The van der Waals surface area contributed by atoms with Gasteiger partial charge in [-0.3, -0.25) is 0 Å². The molecular formula is C7H14N2O2. The SMILES string of the molecule is CNN=C(C)C(=O)OC(C)C. The Bertz CT molecular complexity index is 164. The van der Waals surface area contributed by atoms with E-state index in [1.165, 1.54) is 0 Å². The molecule has 0 bridgehead atoms. The first-order chi connectivity index (χ1) is 5.07. The third kappa shape index (κ3) is 4.36. The first-order valence-electron chi connectivity index (χ1n) is 3.50. The zero-order chi connectivity index (χ0) is 8.85. The van der Waals surface area contributed by atoms with E-state index < -0.39 is 0 Å². The van der Waals surface area contributed by atoms with Crippen molar-refractivity contribution >= 4 is 11.7 Å². The van der Waals surface area contributed by atoms with Crippen LogP contribution in [0.25, 0.3) is 0 Å². The molecule has 0 radical (unpaired) electrons. The number of carbonyl (C=O) groups is 1. The highest BCUT2D eigenvalue weighted by Crippen LogP contribution is 1.90. The predicted octanol–water partition coefficient (Wildman–Crippen LogP) is 0.533. The molecule has 4 nitrogen and oxygen atoms in total. The molecule has 0 aliphatic carbocycles. The number of carbonyl (C=O) groups excluding carboxylic acids is 1. The average molecular weight is 158 g/mol. The minimum absolute atomic E-state index is 0.0930. The zero-order valence-corrected chi connectivity index (χ0v) is 7.34. The van der Waals surface area contributed by atoms with Crippen LogP contribution in [0.2, 0.25) is 0 Å². The predicted molar refractivity (Wildman–Crippen MR) is 43.4 cm³/mol. The van der Waals surface area contributed by atoms with Crippen LogP contribution in [0.3, 0.4) is 0 Å². The van der Waals surface area contributed by atoms with Crippen LogP contribution in [0.4, 0.5) is 0 Å². The van der Waals surface area contributed by atoms with Crippen LogP contribution in [0.5, 0.6) is 0 Å². The zero-order valence-electron chi connectivity index (χ0n) is 7.34. The van der Waals surface area contributed by atoms with Crippen molar-refractivity contribution in [1.29, 1.82) is 0 Å². The second-order valence-corrected chi connectivity index (χ2v) is 2.37. The van der Waals surface area contributed by atoms with Gasteiger partial charge in [-0.25, -0.2) is 4.79 Å². The van der Waals surface area contributed by atoms with Crippen LogP contribution < -0.4 is 5.43 Å². The van der Waals surface area contributed by atoms with Gasteiger partial charge in [0, 0.05) is 7.05 Å². The molecule has 0 atom stereocenters. The Labute approximate surface area is 66.6 Å². The molecule has 0 amide bonds. The Morgan fingerprint density at radius 1 is 1.55 bits per heavy atom. The molecule has 0 aliphatic rings.